The maximum Gasteiger partial charge on any atom is 0.0584 e. The zero-order valence-electron chi connectivity index (χ0n) is 10.8. The molecule has 0 radical (unpaired) electrons. The lowest BCUT2D eigenvalue weighted by Gasteiger charge is -2.23. The summed E-state index contributed by atoms with van der Waals surface area (Å²) in [6.45, 7) is 6.61. The van der Waals surface area contributed by atoms with Crippen molar-refractivity contribution >= 4 is 11.6 Å². The van der Waals surface area contributed by atoms with Crippen LogP contribution >= 0.6 is 11.6 Å². The third-order valence-electron chi connectivity index (χ3n) is 2.83. The van der Waals surface area contributed by atoms with E-state index in [2.05, 4.69) is 26.1 Å². The molecule has 2 nitrogen and oxygen atoms in total. The van der Waals surface area contributed by atoms with Crippen LogP contribution in [0.4, 0.5) is 0 Å². The van der Waals surface area contributed by atoms with E-state index in [-0.39, 0.29) is 18.7 Å². The van der Waals surface area contributed by atoms with Gasteiger partial charge in [0.05, 0.1) is 6.61 Å². The maximum atomic E-state index is 9.33. The van der Waals surface area contributed by atoms with Crippen LogP contribution in [0.2, 0.25) is 5.02 Å². The normalized spacial score (nSPS) is 14.9. The molecule has 0 bridgehead atoms. The Hall–Kier alpha value is -0.570. The third kappa shape index (κ3) is 5.07. The van der Waals surface area contributed by atoms with E-state index in [0.717, 1.165) is 11.4 Å². The zero-order valence-corrected chi connectivity index (χ0v) is 11.5. The Morgan fingerprint density at radius 3 is 2.24 bits per heavy atom. The van der Waals surface area contributed by atoms with Crippen molar-refractivity contribution in [3.63, 3.8) is 0 Å². The van der Waals surface area contributed by atoms with Crippen LogP contribution in [-0.4, -0.2) is 17.8 Å². The van der Waals surface area contributed by atoms with Gasteiger partial charge in [-0.05, 0) is 37.0 Å². The summed E-state index contributed by atoms with van der Waals surface area (Å²) >= 11 is 5.86. The Morgan fingerprint density at radius 2 is 1.76 bits per heavy atom. The van der Waals surface area contributed by atoms with E-state index in [0.29, 0.717) is 5.92 Å². The highest BCUT2D eigenvalue weighted by molar-refractivity contribution is 6.30. The van der Waals surface area contributed by atoms with Crippen LogP contribution in [-0.2, 0) is 0 Å². The Labute approximate surface area is 109 Å². The molecule has 0 heterocycles. The molecule has 1 aromatic carbocycles. The predicted molar refractivity (Wildman–Crippen MR) is 73.3 cm³/mol. The number of nitrogens with one attached hydrogen (secondary N) is 1. The molecule has 0 saturated heterocycles. The summed E-state index contributed by atoms with van der Waals surface area (Å²) < 4.78 is 0. The first-order valence-corrected chi connectivity index (χ1v) is 6.53. The Bertz CT molecular complexity index is 323. The summed E-state index contributed by atoms with van der Waals surface area (Å²) in [6, 6.07) is 8.20. The third-order valence-corrected chi connectivity index (χ3v) is 3.08. The van der Waals surface area contributed by atoms with Gasteiger partial charge in [0, 0.05) is 17.1 Å². The molecule has 0 spiro atoms. The molecule has 0 aliphatic heterocycles. The monoisotopic (exact) mass is 255 g/mol. The molecule has 1 rings (SSSR count). The second-order valence-electron chi connectivity index (χ2n) is 4.95. The number of benzene rings is 1. The van der Waals surface area contributed by atoms with E-state index in [1.807, 2.05) is 24.3 Å². The van der Waals surface area contributed by atoms with Crippen LogP contribution in [0.3, 0.4) is 0 Å². The van der Waals surface area contributed by atoms with E-state index in [4.69, 9.17) is 11.6 Å². The molecule has 1 aromatic rings. The Morgan fingerprint density at radius 1 is 1.18 bits per heavy atom. The average Bonchev–Trinajstić information content (AvgIpc) is 2.28. The first kappa shape index (κ1) is 14.5. The minimum atomic E-state index is 0.153. The van der Waals surface area contributed by atoms with Gasteiger partial charge in [0.25, 0.3) is 0 Å². The Kier molecular flexibility index (Phi) is 5.96. The van der Waals surface area contributed by atoms with Crippen LogP contribution in [0, 0.1) is 5.92 Å². The number of hydrogen-bond acceptors (Lipinski definition) is 2. The molecule has 0 aliphatic carbocycles. The first-order valence-electron chi connectivity index (χ1n) is 6.15. The summed E-state index contributed by atoms with van der Waals surface area (Å²) in [5.41, 5.74) is 1.19. The molecule has 2 N–H and O–H groups in total. The van der Waals surface area contributed by atoms with Crippen molar-refractivity contribution in [1.29, 1.82) is 0 Å². The van der Waals surface area contributed by atoms with Crippen LogP contribution in [0.15, 0.2) is 24.3 Å². The SMILES string of the molecule is CC(C)CC(CO)NC(C)c1ccc(Cl)cc1. The molecule has 0 fully saturated rings. The molecule has 0 aromatic heterocycles. The van der Waals surface area contributed by atoms with E-state index < -0.39 is 0 Å². The predicted octanol–water partition coefficient (Wildman–Crippen LogP) is 3.40. The fourth-order valence-electron chi connectivity index (χ4n) is 1.97. The number of aliphatic hydroxyl groups is 1. The first-order chi connectivity index (χ1) is 8.02. The van der Waals surface area contributed by atoms with Crippen LogP contribution in [0.1, 0.15) is 38.8 Å². The average molecular weight is 256 g/mol. The molecular formula is C14H22ClNO. The van der Waals surface area contributed by atoms with Crippen molar-refractivity contribution in [2.24, 2.45) is 5.92 Å². The van der Waals surface area contributed by atoms with Gasteiger partial charge in [-0.3, -0.25) is 0 Å². The van der Waals surface area contributed by atoms with Gasteiger partial charge in [-0.25, -0.2) is 0 Å². The second-order valence-corrected chi connectivity index (χ2v) is 5.39. The van der Waals surface area contributed by atoms with Gasteiger partial charge < -0.3 is 10.4 Å². The number of halogens is 1. The standard InChI is InChI=1S/C14H22ClNO/c1-10(2)8-14(9-17)16-11(3)12-4-6-13(15)7-5-12/h4-7,10-11,14,16-17H,8-9H2,1-3H3. The van der Waals surface area contributed by atoms with Crippen molar-refractivity contribution in [1.82, 2.24) is 5.32 Å². The van der Waals surface area contributed by atoms with Gasteiger partial charge in [0.15, 0.2) is 0 Å². The lowest BCUT2D eigenvalue weighted by Crippen LogP contribution is -2.35. The van der Waals surface area contributed by atoms with Crippen LogP contribution in [0.25, 0.3) is 0 Å². The number of hydrogen-bond donors (Lipinski definition) is 2. The lowest BCUT2D eigenvalue weighted by atomic mass is 10.0. The van der Waals surface area contributed by atoms with E-state index in [1.165, 1.54) is 5.56 Å². The van der Waals surface area contributed by atoms with Gasteiger partial charge in [0.1, 0.15) is 0 Å². The minimum Gasteiger partial charge on any atom is -0.395 e. The zero-order chi connectivity index (χ0) is 12.8. The quantitative estimate of drug-likeness (QED) is 0.817. The topological polar surface area (TPSA) is 32.3 Å². The summed E-state index contributed by atoms with van der Waals surface area (Å²) in [4.78, 5) is 0. The van der Waals surface area contributed by atoms with Gasteiger partial charge in [-0.15, -0.1) is 0 Å². The molecule has 3 heteroatoms. The summed E-state index contributed by atoms with van der Waals surface area (Å²) in [5, 5.41) is 13.5. The fraction of sp³-hybridized carbons (Fsp3) is 0.571. The van der Waals surface area contributed by atoms with E-state index >= 15 is 0 Å². The van der Waals surface area contributed by atoms with Crippen molar-refractivity contribution in [3.8, 4) is 0 Å². The molecule has 0 amide bonds. The minimum absolute atomic E-state index is 0.153. The molecule has 0 saturated carbocycles. The largest absolute Gasteiger partial charge is 0.395 e. The summed E-state index contributed by atoms with van der Waals surface area (Å²) in [7, 11) is 0. The van der Waals surface area contributed by atoms with E-state index in [1.54, 1.807) is 0 Å². The van der Waals surface area contributed by atoms with Crippen molar-refractivity contribution in [2.45, 2.75) is 39.3 Å². The van der Waals surface area contributed by atoms with Crippen molar-refractivity contribution < 1.29 is 5.11 Å². The van der Waals surface area contributed by atoms with Gasteiger partial charge in [0.2, 0.25) is 0 Å². The smallest absolute Gasteiger partial charge is 0.0584 e. The fourth-order valence-corrected chi connectivity index (χ4v) is 2.09. The summed E-state index contributed by atoms with van der Waals surface area (Å²) in [6.07, 6.45) is 0.981. The Balaban J connectivity index is 2.57. The highest BCUT2D eigenvalue weighted by Gasteiger charge is 2.13. The number of aliphatic hydroxyl groups excluding tert-OH is 1. The van der Waals surface area contributed by atoms with Gasteiger partial charge in [-0.2, -0.15) is 0 Å². The molecule has 96 valence electrons. The molecule has 2 atom stereocenters. The second kappa shape index (κ2) is 7.00. The van der Waals surface area contributed by atoms with Crippen molar-refractivity contribution in [2.75, 3.05) is 6.61 Å². The van der Waals surface area contributed by atoms with Gasteiger partial charge >= 0.3 is 0 Å². The van der Waals surface area contributed by atoms with E-state index in [9.17, 15) is 5.11 Å². The van der Waals surface area contributed by atoms with Crippen molar-refractivity contribution in [3.05, 3.63) is 34.9 Å². The highest BCUT2D eigenvalue weighted by atomic mass is 35.5. The lowest BCUT2D eigenvalue weighted by molar-refractivity contribution is 0.215. The van der Waals surface area contributed by atoms with Crippen LogP contribution in [0.5, 0.6) is 0 Å². The molecular weight excluding hydrogens is 234 g/mol. The maximum absolute atomic E-state index is 9.33. The molecule has 2 unspecified atom stereocenters. The summed E-state index contributed by atoms with van der Waals surface area (Å²) in [5.74, 6) is 0.581. The van der Waals surface area contributed by atoms with Gasteiger partial charge in [-0.1, -0.05) is 37.6 Å². The number of rotatable bonds is 6. The highest BCUT2D eigenvalue weighted by Crippen LogP contribution is 2.17. The van der Waals surface area contributed by atoms with Crippen LogP contribution < -0.4 is 5.32 Å². The molecule has 17 heavy (non-hydrogen) atoms. The molecule has 0 aliphatic rings.